The molecule has 2 unspecified atom stereocenters. The standard InChI is InChI=1S/C30H24O4/c31-28(20-9-3-1-4-10-20)33-27-25-15-16-30(27,34-29(32)21-11-5-2-6-12-21)19-24-17-22-13-7-8-14-23(22)18-26(24)25/h1-14,17-18,25,27H,15-16,19H2/t25?,27-,30?/m1/s1. The highest BCUT2D eigenvalue weighted by Gasteiger charge is 2.58. The van der Waals surface area contributed by atoms with Crippen LogP contribution in [0.25, 0.3) is 10.8 Å². The first kappa shape index (κ1) is 20.7. The molecule has 2 bridgehead atoms. The third kappa shape index (κ3) is 3.47. The van der Waals surface area contributed by atoms with Crippen LogP contribution in [0.2, 0.25) is 0 Å². The summed E-state index contributed by atoms with van der Waals surface area (Å²) in [7, 11) is 0. The molecule has 1 saturated carbocycles. The smallest absolute Gasteiger partial charge is 0.338 e. The maximum absolute atomic E-state index is 13.2. The Morgan fingerprint density at radius 2 is 1.32 bits per heavy atom. The summed E-state index contributed by atoms with van der Waals surface area (Å²) in [5.41, 5.74) is 2.45. The summed E-state index contributed by atoms with van der Waals surface area (Å²) < 4.78 is 12.4. The van der Waals surface area contributed by atoms with Crippen LogP contribution < -0.4 is 0 Å². The Morgan fingerprint density at radius 1 is 0.735 bits per heavy atom. The third-order valence-corrected chi connectivity index (χ3v) is 7.21. The molecule has 0 heterocycles. The molecule has 0 aromatic heterocycles. The van der Waals surface area contributed by atoms with E-state index in [4.69, 9.17) is 9.47 Å². The van der Waals surface area contributed by atoms with Crippen molar-refractivity contribution in [3.05, 3.63) is 119 Å². The van der Waals surface area contributed by atoms with Gasteiger partial charge < -0.3 is 9.47 Å². The molecule has 4 aromatic rings. The Bertz CT molecular complexity index is 1380. The maximum Gasteiger partial charge on any atom is 0.338 e. The van der Waals surface area contributed by atoms with Gasteiger partial charge in [0.05, 0.1) is 11.1 Å². The van der Waals surface area contributed by atoms with Gasteiger partial charge in [-0.05, 0) is 59.0 Å². The summed E-state index contributed by atoms with van der Waals surface area (Å²) in [6.45, 7) is 0. The first-order valence-corrected chi connectivity index (χ1v) is 11.7. The zero-order valence-electron chi connectivity index (χ0n) is 18.6. The number of carbonyl (C=O) groups excluding carboxylic acids is 2. The third-order valence-electron chi connectivity index (χ3n) is 7.21. The lowest BCUT2D eigenvalue weighted by Crippen LogP contribution is -2.50. The Hall–Kier alpha value is -3.92. The van der Waals surface area contributed by atoms with E-state index >= 15 is 0 Å². The average Bonchev–Trinajstić information content (AvgIpc) is 3.12. The summed E-state index contributed by atoms with van der Waals surface area (Å²) in [5.74, 6) is -0.794. The average molecular weight is 449 g/mol. The second kappa shape index (κ2) is 8.14. The van der Waals surface area contributed by atoms with E-state index in [2.05, 4.69) is 24.3 Å². The van der Waals surface area contributed by atoms with Crippen molar-refractivity contribution in [2.24, 2.45) is 0 Å². The number of ether oxygens (including phenoxy) is 2. The van der Waals surface area contributed by atoms with Gasteiger partial charge in [0.15, 0.2) is 5.60 Å². The molecule has 0 amide bonds. The minimum absolute atomic E-state index is 0.0235. The van der Waals surface area contributed by atoms with Crippen molar-refractivity contribution in [1.82, 2.24) is 0 Å². The fraction of sp³-hybridized carbons (Fsp3) is 0.200. The molecule has 0 radical (unpaired) electrons. The highest BCUT2D eigenvalue weighted by atomic mass is 16.6. The van der Waals surface area contributed by atoms with Crippen molar-refractivity contribution in [2.75, 3.05) is 0 Å². The molecule has 0 aliphatic heterocycles. The molecule has 4 aromatic carbocycles. The minimum Gasteiger partial charge on any atom is -0.454 e. The van der Waals surface area contributed by atoms with E-state index in [9.17, 15) is 9.59 Å². The van der Waals surface area contributed by atoms with Gasteiger partial charge in [-0.2, -0.15) is 0 Å². The van der Waals surface area contributed by atoms with Crippen LogP contribution in [-0.4, -0.2) is 23.6 Å². The summed E-state index contributed by atoms with van der Waals surface area (Å²) in [4.78, 5) is 26.2. The molecule has 34 heavy (non-hydrogen) atoms. The van der Waals surface area contributed by atoms with E-state index in [-0.39, 0.29) is 17.9 Å². The molecular weight excluding hydrogens is 424 g/mol. The fourth-order valence-corrected chi connectivity index (χ4v) is 5.60. The largest absolute Gasteiger partial charge is 0.454 e. The molecule has 6 rings (SSSR count). The molecule has 2 aliphatic rings. The number of hydrogen-bond donors (Lipinski definition) is 0. The van der Waals surface area contributed by atoms with Crippen LogP contribution >= 0.6 is 0 Å². The molecule has 4 heteroatoms. The van der Waals surface area contributed by atoms with E-state index in [0.717, 1.165) is 22.8 Å². The normalized spacial score (nSPS) is 22.7. The maximum atomic E-state index is 13.2. The molecule has 2 aliphatic carbocycles. The zero-order valence-corrected chi connectivity index (χ0v) is 18.6. The van der Waals surface area contributed by atoms with E-state index in [1.165, 1.54) is 5.56 Å². The minimum atomic E-state index is -0.891. The van der Waals surface area contributed by atoms with Crippen LogP contribution in [-0.2, 0) is 15.9 Å². The van der Waals surface area contributed by atoms with Crippen LogP contribution in [0.4, 0.5) is 0 Å². The lowest BCUT2D eigenvalue weighted by Gasteiger charge is -2.41. The molecule has 3 atom stereocenters. The monoisotopic (exact) mass is 448 g/mol. The predicted octanol–water partition coefficient (Wildman–Crippen LogP) is 6.09. The Morgan fingerprint density at radius 3 is 2.00 bits per heavy atom. The molecule has 4 nitrogen and oxygen atoms in total. The molecule has 0 saturated heterocycles. The van der Waals surface area contributed by atoms with Gasteiger partial charge in [0.2, 0.25) is 0 Å². The number of hydrogen-bond acceptors (Lipinski definition) is 4. The quantitative estimate of drug-likeness (QED) is 0.354. The van der Waals surface area contributed by atoms with E-state index in [1.807, 2.05) is 48.5 Å². The SMILES string of the molecule is O=C(O[C@@H]1C2CCC1(OC(=O)c1ccccc1)Cc1cc3ccccc3cc12)c1ccccc1. The highest BCUT2D eigenvalue weighted by Crippen LogP contribution is 2.53. The number of rotatable bonds is 4. The van der Waals surface area contributed by atoms with Gasteiger partial charge in [0.1, 0.15) is 6.10 Å². The second-order valence-electron chi connectivity index (χ2n) is 9.23. The van der Waals surface area contributed by atoms with Crippen LogP contribution in [0.3, 0.4) is 0 Å². The molecule has 0 spiro atoms. The first-order chi connectivity index (χ1) is 16.6. The number of benzene rings is 4. The Labute approximate surface area is 198 Å². The van der Waals surface area contributed by atoms with Crippen molar-refractivity contribution in [3.8, 4) is 0 Å². The molecule has 168 valence electrons. The van der Waals surface area contributed by atoms with Crippen molar-refractivity contribution in [1.29, 1.82) is 0 Å². The number of fused-ring (bicyclic) bond motifs is 5. The van der Waals surface area contributed by atoms with Crippen LogP contribution in [0.15, 0.2) is 97.1 Å². The van der Waals surface area contributed by atoms with Gasteiger partial charge in [-0.1, -0.05) is 72.8 Å². The van der Waals surface area contributed by atoms with Crippen molar-refractivity contribution < 1.29 is 19.1 Å². The van der Waals surface area contributed by atoms with Gasteiger partial charge in [-0.3, -0.25) is 0 Å². The zero-order chi connectivity index (χ0) is 23.1. The highest BCUT2D eigenvalue weighted by molar-refractivity contribution is 5.91. The van der Waals surface area contributed by atoms with E-state index in [0.29, 0.717) is 24.0 Å². The van der Waals surface area contributed by atoms with Crippen molar-refractivity contribution in [2.45, 2.75) is 36.9 Å². The van der Waals surface area contributed by atoms with Gasteiger partial charge in [0.25, 0.3) is 0 Å². The summed E-state index contributed by atoms with van der Waals surface area (Å²) >= 11 is 0. The molecular formula is C30H24O4. The van der Waals surface area contributed by atoms with Gasteiger partial charge in [-0.25, -0.2) is 9.59 Å². The summed E-state index contributed by atoms with van der Waals surface area (Å²) in [6, 6.07) is 30.7. The second-order valence-corrected chi connectivity index (χ2v) is 9.23. The Kier molecular flexibility index (Phi) is 4.95. The lowest BCUT2D eigenvalue weighted by molar-refractivity contribution is -0.0895. The van der Waals surface area contributed by atoms with E-state index < -0.39 is 11.7 Å². The van der Waals surface area contributed by atoms with Gasteiger partial charge in [-0.15, -0.1) is 0 Å². The molecule has 0 N–H and O–H groups in total. The fourth-order valence-electron chi connectivity index (χ4n) is 5.60. The topological polar surface area (TPSA) is 52.6 Å². The van der Waals surface area contributed by atoms with Gasteiger partial charge in [0, 0.05) is 12.3 Å². The lowest BCUT2D eigenvalue weighted by atomic mass is 9.77. The van der Waals surface area contributed by atoms with Gasteiger partial charge >= 0.3 is 11.9 Å². The molecule has 1 fully saturated rings. The van der Waals surface area contributed by atoms with Crippen LogP contribution in [0, 0.1) is 0 Å². The summed E-state index contributed by atoms with van der Waals surface area (Å²) in [6.07, 6.45) is 1.42. The van der Waals surface area contributed by atoms with Crippen LogP contribution in [0.5, 0.6) is 0 Å². The summed E-state index contributed by atoms with van der Waals surface area (Å²) in [5, 5.41) is 2.32. The predicted molar refractivity (Wildman–Crippen MR) is 130 cm³/mol. The van der Waals surface area contributed by atoms with Crippen LogP contribution in [0.1, 0.15) is 50.6 Å². The van der Waals surface area contributed by atoms with E-state index in [1.54, 1.807) is 24.3 Å². The Balaban J connectivity index is 1.41. The first-order valence-electron chi connectivity index (χ1n) is 11.7. The number of carbonyl (C=O) groups is 2. The number of esters is 2. The van der Waals surface area contributed by atoms with Crippen molar-refractivity contribution in [3.63, 3.8) is 0 Å². The van der Waals surface area contributed by atoms with Crippen molar-refractivity contribution >= 4 is 22.7 Å².